The van der Waals surface area contributed by atoms with Gasteiger partial charge < -0.3 is 18.9 Å². The molecule has 0 N–H and O–H groups in total. The summed E-state index contributed by atoms with van der Waals surface area (Å²) in [5.74, 6) is -2.14. The molecule has 1 aromatic carbocycles. The second-order valence-electron chi connectivity index (χ2n) is 6.20. The Labute approximate surface area is 167 Å². The fourth-order valence-electron chi connectivity index (χ4n) is 2.63. The van der Waals surface area contributed by atoms with Gasteiger partial charge in [-0.25, -0.2) is 0 Å². The van der Waals surface area contributed by atoms with Gasteiger partial charge in [0.05, 0.1) is 25.9 Å². The van der Waals surface area contributed by atoms with Gasteiger partial charge in [0.25, 0.3) is 0 Å². The number of hydrogen-bond donors (Lipinski definition) is 0. The van der Waals surface area contributed by atoms with Crippen LogP contribution in [-0.4, -0.2) is 44.5 Å². The van der Waals surface area contributed by atoms with Gasteiger partial charge in [-0.2, -0.15) is 0 Å². The lowest BCUT2D eigenvalue weighted by atomic mass is 9.99. The van der Waals surface area contributed by atoms with Crippen LogP contribution in [0.4, 0.5) is 0 Å². The molecular weight excluding hydrogens is 360 g/mol. The maximum Gasteiger partial charge on any atom is 0.320 e. The van der Waals surface area contributed by atoms with Crippen LogP contribution >= 0.6 is 0 Å². The Bertz CT molecular complexity index is 554. The highest BCUT2D eigenvalue weighted by atomic mass is 16.6. The van der Waals surface area contributed by atoms with E-state index in [2.05, 4.69) is 6.58 Å². The third kappa shape index (κ3) is 9.67. The van der Waals surface area contributed by atoms with Gasteiger partial charge >= 0.3 is 11.9 Å². The maximum absolute atomic E-state index is 12.1. The SMILES string of the molecule is C=CCC(CC(C(=O)OCC)C(=O)OCC)OCCCOCc1ccccc1. The minimum Gasteiger partial charge on any atom is -0.465 e. The third-order valence-electron chi connectivity index (χ3n) is 3.97. The van der Waals surface area contributed by atoms with Gasteiger partial charge in [-0.1, -0.05) is 36.4 Å². The van der Waals surface area contributed by atoms with Crippen LogP contribution in [0.3, 0.4) is 0 Å². The molecule has 6 nitrogen and oxygen atoms in total. The van der Waals surface area contributed by atoms with Crippen molar-refractivity contribution in [2.45, 2.75) is 45.8 Å². The molecular formula is C22H32O6. The summed E-state index contributed by atoms with van der Waals surface area (Å²) in [6.45, 7) is 9.13. The van der Waals surface area contributed by atoms with E-state index < -0.39 is 17.9 Å². The fraction of sp³-hybridized carbons (Fsp3) is 0.545. The van der Waals surface area contributed by atoms with Crippen LogP contribution in [0.2, 0.25) is 0 Å². The first kappa shape index (κ1) is 23.9. The van der Waals surface area contributed by atoms with Crippen molar-refractivity contribution in [3.8, 4) is 0 Å². The highest BCUT2D eigenvalue weighted by molar-refractivity contribution is 5.94. The molecule has 6 heteroatoms. The number of carbonyl (C=O) groups is 2. The van der Waals surface area contributed by atoms with Crippen molar-refractivity contribution in [3.63, 3.8) is 0 Å². The third-order valence-corrected chi connectivity index (χ3v) is 3.97. The van der Waals surface area contributed by atoms with Gasteiger partial charge in [-0.05, 0) is 38.7 Å². The molecule has 0 saturated carbocycles. The van der Waals surface area contributed by atoms with Gasteiger partial charge in [-0.15, -0.1) is 6.58 Å². The van der Waals surface area contributed by atoms with Crippen LogP contribution in [0.15, 0.2) is 43.0 Å². The Morgan fingerprint density at radius 2 is 1.68 bits per heavy atom. The highest BCUT2D eigenvalue weighted by Crippen LogP contribution is 2.17. The zero-order valence-electron chi connectivity index (χ0n) is 16.9. The number of ether oxygens (including phenoxy) is 4. The minimum atomic E-state index is -0.987. The molecule has 1 aromatic rings. The molecule has 0 amide bonds. The van der Waals surface area contributed by atoms with Gasteiger partial charge in [-0.3, -0.25) is 9.59 Å². The first-order valence-electron chi connectivity index (χ1n) is 9.79. The summed E-state index contributed by atoms with van der Waals surface area (Å²) in [5, 5.41) is 0. The molecule has 0 aliphatic rings. The van der Waals surface area contributed by atoms with Crippen LogP contribution in [0.25, 0.3) is 0 Å². The molecule has 0 aliphatic carbocycles. The molecule has 0 aliphatic heterocycles. The van der Waals surface area contributed by atoms with Gasteiger partial charge in [0, 0.05) is 13.2 Å². The molecule has 28 heavy (non-hydrogen) atoms. The normalized spacial score (nSPS) is 11.8. The molecule has 1 atom stereocenters. The second-order valence-corrected chi connectivity index (χ2v) is 6.20. The van der Waals surface area contributed by atoms with Crippen LogP contribution < -0.4 is 0 Å². The van der Waals surface area contributed by atoms with Crippen molar-refractivity contribution in [1.29, 1.82) is 0 Å². The van der Waals surface area contributed by atoms with E-state index >= 15 is 0 Å². The molecule has 0 bridgehead atoms. The van der Waals surface area contributed by atoms with E-state index in [1.807, 2.05) is 30.3 Å². The van der Waals surface area contributed by atoms with E-state index in [1.54, 1.807) is 19.9 Å². The zero-order valence-corrected chi connectivity index (χ0v) is 16.9. The van der Waals surface area contributed by atoms with Crippen LogP contribution in [0.1, 0.15) is 38.7 Å². The summed E-state index contributed by atoms with van der Waals surface area (Å²) in [4.78, 5) is 24.2. The number of benzene rings is 1. The Kier molecular flexibility index (Phi) is 12.6. The lowest BCUT2D eigenvalue weighted by Gasteiger charge is -2.21. The van der Waals surface area contributed by atoms with Crippen molar-refractivity contribution in [2.75, 3.05) is 26.4 Å². The average Bonchev–Trinajstić information content (AvgIpc) is 2.69. The molecule has 0 heterocycles. The molecule has 156 valence electrons. The first-order chi connectivity index (χ1) is 13.6. The number of rotatable bonds is 15. The minimum absolute atomic E-state index is 0.203. The topological polar surface area (TPSA) is 71.1 Å². The monoisotopic (exact) mass is 392 g/mol. The Balaban J connectivity index is 2.42. The van der Waals surface area contributed by atoms with Gasteiger partial charge in [0.15, 0.2) is 5.92 Å². The van der Waals surface area contributed by atoms with E-state index in [-0.39, 0.29) is 25.7 Å². The number of carbonyl (C=O) groups excluding carboxylic acids is 2. The van der Waals surface area contributed by atoms with Gasteiger partial charge in [0.1, 0.15) is 0 Å². The summed E-state index contributed by atoms with van der Waals surface area (Å²) in [7, 11) is 0. The van der Waals surface area contributed by atoms with Crippen molar-refractivity contribution in [1.82, 2.24) is 0 Å². The summed E-state index contributed by atoms with van der Waals surface area (Å²) in [5.41, 5.74) is 1.12. The Hall–Kier alpha value is -2.18. The predicted molar refractivity (Wildman–Crippen MR) is 107 cm³/mol. The maximum atomic E-state index is 12.1. The lowest BCUT2D eigenvalue weighted by Crippen LogP contribution is -2.32. The Morgan fingerprint density at radius 3 is 2.25 bits per heavy atom. The number of esters is 2. The summed E-state index contributed by atoms with van der Waals surface area (Å²) in [6, 6.07) is 9.95. The average molecular weight is 392 g/mol. The lowest BCUT2D eigenvalue weighted by molar-refractivity contribution is -0.163. The van der Waals surface area contributed by atoms with Crippen LogP contribution in [0, 0.1) is 5.92 Å². The summed E-state index contributed by atoms with van der Waals surface area (Å²) >= 11 is 0. The highest BCUT2D eigenvalue weighted by Gasteiger charge is 2.32. The summed E-state index contributed by atoms with van der Waals surface area (Å²) in [6.07, 6.45) is 2.84. The van der Waals surface area contributed by atoms with E-state index in [9.17, 15) is 9.59 Å². The van der Waals surface area contributed by atoms with E-state index in [0.717, 1.165) is 5.56 Å². The zero-order chi connectivity index (χ0) is 20.6. The van der Waals surface area contributed by atoms with Gasteiger partial charge in [0.2, 0.25) is 0 Å². The van der Waals surface area contributed by atoms with E-state index in [4.69, 9.17) is 18.9 Å². The largest absolute Gasteiger partial charge is 0.465 e. The summed E-state index contributed by atoms with van der Waals surface area (Å²) < 4.78 is 21.5. The van der Waals surface area contributed by atoms with Crippen molar-refractivity contribution in [2.24, 2.45) is 5.92 Å². The van der Waals surface area contributed by atoms with Crippen LogP contribution in [-0.2, 0) is 35.1 Å². The molecule has 1 rings (SSSR count). The Morgan fingerprint density at radius 1 is 1.04 bits per heavy atom. The predicted octanol–water partition coefficient (Wildman–Crippen LogP) is 3.69. The molecule has 0 aromatic heterocycles. The number of hydrogen-bond acceptors (Lipinski definition) is 6. The standard InChI is InChI=1S/C22H32O6/c1-4-11-19(16-20(21(23)26-5-2)22(24)27-6-3)28-15-10-14-25-17-18-12-8-7-9-13-18/h4,7-9,12-13,19-20H,1,5-6,10-11,14-17H2,2-3H3. The van der Waals surface area contributed by atoms with E-state index in [1.165, 1.54) is 0 Å². The van der Waals surface area contributed by atoms with E-state index in [0.29, 0.717) is 32.7 Å². The quantitative estimate of drug-likeness (QED) is 0.196. The van der Waals surface area contributed by atoms with Crippen molar-refractivity contribution >= 4 is 11.9 Å². The van der Waals surface area contributed by atoms with Crippen molar-refractivity contribution in [3.05, 3.63) is 48.6 Å². The molecule has 1 unspecified atom stereocenters. The fourth-order valence-corrected chi connectivity index (χ4v) is 2.63. The van der Waals surface area contributed by atoms with Crippen LogP contribution in [0.5, 0.6) is 0 Å². The molecule has 0 saturated heterocycles. The smallest absolute Gasteiger partial charge is 0.320 e. The molecule has 0 spiro atoms. The first-order valence-corrected chi connectivity index (χ1v) is 9.79. The van der Waals surface area contributed by atoms with Crippen molar-refractivity contribution < 1.29 is 28.5 Å². The molecule has 0 fully saturated rings. The second kappa shape index (κ2) is 14.8. The molecule has 0 radical (unpaired) electrons.